The van der Waals surface area contributed by atoms with Crippen molar-refractivity contribution < 1.29 is 8.78 Å². The Hall–Kier alpha value is -0.0400. The van der Waals surface area contributed by atoms with Crippen molar-refractivity contribution in [1.29, 1.82) is 5.26 Å². The fraction of sp³-hybridized carbons (Fsp3) is 0.250. The molecular formula is C8H4F2I2N2. The van der Waals surface area contributed by atoms with Gasteiger partial charge >= 0.3 is 0 Å². The van der Waals surface area contributed by atoms with Crippen LogP contribution in [0.1, 0.15) is 17.8 Å². The van der Waals surface area contributed by atoms with Gasteiger partial charge in [-0.1, -0.05) is 0 Å². The zero-order chi connectivity index (χ0) is 10.7. The van der Waals surface area contributed by atoms with E-state index in [0.29, 0.717) is 9.26 Å². The third kappa shape index (κ3) is 2.73. The lowest BCUT2D eigenvalue weighted by molar-refractivity contribution is 0.144. The molecule has 0 spiro atoms. The standard InChI is InChI=1S/C8H4F2I2N2/c9-8(10)7-5(12)3-4(11)6(14-7)1-2-13/h3,8H,1H2. The molecule has 0 N–H and O–H groups in total. The Morgan fingerprint density at radius 2 is 2.07 bits per heavy atom. The van der Waals surface area contributed by atoms with Crippen LogP contribution in [0.3, 0.4) is 0 Å². The number of nitrogens with zero attached hydrogens (tertiary/aromatic N) is 2. The average Bonchev–Trinajstić information content (AvgIpc) is 2.09. The van der Waals surface area contributed by atoms with Gasteiger partial charge in [0.1, 0.15) is 5.69 Å². The predicted octanol–water partition coefficient (Wildman–Crippen LogP) is 3.29. The first-order valence-electron chi connectivity index (χ1n) is 3.56. The molecule has 0 aromatic carbocycles. The van der Waals surface area contributed by atoms with E-state index in [0.717, 1.165) is 3.57 Å². The molecule has 0 bridgehead atoms. The van der Waals surface area contributed by atoms with E-state index in [-0.39, 0.29) is 12.1 Å². The summed E-state index contributed by atoms with van der Waals surface area (Å²) in [4.78, 5) is 3.77. The number of pyridine rings is 1. The van der Waals surface area contributed by atoms with Gasteiger partial charge in [0.25, 0.3) is 6.43 Å². The van der Waals surface area contributed by atoms with Crippen LogP contribution in [-0.4, -0.2) is 4.98 Å². The number of rotatable bonds is 2. The van der Waals surface area contributed by atoms with Crippen LogP contribution in [0.4, 0.5) is 8.78 Å². The minimum atomic E-state index is -2.59. The highest BCUT2D eigenvalue weighted by Crippen LogP contribution is 2.25. The first kappa shape index (κ1) is 12.0. The zero-order valence-electron chi connectivity index (χ0n) is 6.77. The highest BCUT2D eigenvalue weighted by atomic mass is 127. The molecule has 0 unspecified atom stereocenters. The molecule has 2 nitrogen and oxygen atoms in total. The molecule has 6 heteroatoms. The molecule has 14 heavy (non-hydrogen) atoms. The summed E-state index contributed by atoms with van der Waals surface area (Å²) in [7, 11) is 0. The maximum absolute atomic E-state index is 12.4. The van der Waals surface area contributed by atoms with Crippen LogP contribution in [0.5, 0.6) is 0 Å². The molecule has 0 saturated heterocycles. The quantitative estimate of drug-likeness (QED) is 0.690. The lowest BCUT2D eigenvalue weighted by Gasteiger charge is -2.06. The summed E-state index contributed by atoms with van der Waals surface area (Å²) in [6, 6.07) is 3.51. The summed E-state index contributed by atoms with van der Waals surface area (Å²) in [5.41, 5.74) is 0.181. The minimum absolute atomic E-state index is 0.0644. The lowest BCUT2D eigenvalue weighted by Crippen LogP contribution is -2.01. The van der Waals surface area contributed by atoms with Crippen molar-refractivity contribution in [2.24, 2.45) is 0 Å². The molecule has 0 atom stereocenters. The largest absolute Gasteiger partial charge is 0.281 e. The van der Waals surface area contributed by atoms with Gasteiger partial charge in [-0.15, -0.1) is 0 Å². The second-order valence-corrected chi connectivity index (χ2v) is 4.74. The van der Waals surface area contributed by atoms with Crippen LogP contribution in [0, 0.1) is 18.5 Å². The minimum Gasteiger partial charge on any atom is -0.249 e. The summed E-state index contributed by atoms with van der Waals surface area (Å²) in [6.07, 6.45) is -2.52. The normalized spacial score (nSPS) is 10.3. The highest BCUT2D eigenvalue weighted by Gasteiger charge is 2.16. The molecule has 0 radical (unpaired) electrons. The third-order valence-electron chi connectivity index (χ3n) is 1.48. The molecular weight excluding hydrogens is 416 g/mol. The second-order valence-electron chi connectivity index (χ2n) is 2.42. The van der Waals surface area contributed by atoms with Crippen molar-refractivity contribution in [2.75, 3.05) is 0 Å². The molecule has 0 aliphatic carbocycles. The van der Waals surface area contributed by atoms with Gasteiger partial charge in [-0.2, -0.15) is 5.26 Å². The van der Waals surface area contributed by atoms with Gasteiger partial charge in [-0.3, -0.25) is 0 Å². The Kier molecular flexibility index (Phi) is 4.43. The Morgan fingerprint density at radius 1 is 1.43 bits per heavy atom. The molecule has 0 aliphatic rings. The highest BCUT2D eigenvalue weighted by molar-refractivity contribution is 14.1. The van der Waals surface area contributed by atoms with Crippen LogP contribution < -0.4 is 0 Å². The lowest BCUT2D eigenvalue weighted by atomic mass is 10.2. The maximum Gasteiger partial charge on any atom is 0.281 e. The summed E-state index contributed by atoms with van der Waals surface area (Å²) in [5, 5.41) is 8.46. The van der Waals surface area contributed by atoms with E-state index in [1.165, 1.54) is 0 Å². The van der Waals surface area contributed by atoms with Gasteiger partial charge in [0.2, 0.25) is 0 Å². The van der Waals surface area contributed by atoms with E-state index in [9.17, 15) is 8.78 Å². The molecule has 1 rings (SSSR count). The Labute approximate surface area is 107 Å². The molecule has 0 amide bonds. The molecule has 0 fully saturated rings. The second kappa shape index (κ2) is 5.16. The SMILES string of the molecule is N#CCc1nc(C(F)F)c(I)cc1I. The van der Waals surface area contributed by atoms with Gasteiger partial charge in [0.05, 0.1) is 18.2 Å². The van der Waals surface area contributed by atoms with Gasteiger partial charge < -0.3 is 0 Å². The van der Waals surface area contributed by atoms with Crippen LogP contribution in [0.25, 0.3) is 0 Å². The number of nitriles is 1. The number of hydrogen-bond acceptors (Lipinski definition) is 2. The molecule has 74 valence electrons. The molecule has 1 aromatic rings. The fourth-order valence-corrected chi connectivity index (χ4v) is 2.76. The Morgan fingerprint density at radius 3 is 2.57 bits per heavy atom. The zero-order valence-corrected chi connectivity index (χ0v) is 11.1. The average molecular weight is 420 g/mol. The van der Waals surface area contributed by atoms with Crippen molar-refractivity contribution in [1.82, 2.24) is 4.98 Å². The molecule has 0 saturated carbocycles. The molecule has 0 aliphatic heterocycles. The van der Waals surface area contributed by atoms with Crippen LogP contribution in [0.15, 0.2) is 6.07 Å². The van der Waals surface area contributed by atoms with E-state index in [1.54, 1.807) is 6.07 Å². The summed E-state index contributed by atoms with van der Waals surface area (Å²) >= 11 is 3.80. The van der Waals surface area contributed by atoms with E-state index in [2.05, 4.69) is 4.98 Å². The van der Waals surface area contributed by atoms with Crippen LogP contribution in [-0.2, 0) is 6.42 Å². The smallest absolute Gasteiger partial charge is 0.249 e. The van der Waals surface area contributed by atoms with Gasteiger partial charge in [0, 0.05) is 7.14 Å². The summed E-state index contributed by atoms with van der Waals surface area (Å²) in [5.74, 6) is 0. The van der Waals surface area contributed by atoms with Crippen molar-refractivity contribution in [2.45, 2.75) is 12.8 Å². The monoisotopic (exact) mass is 420 g/mol. The number of alkyl halides is 2. The predicted molar refractivity (Wildman–Crippen MR) is 63.9 cm³/mol. The number of hydrogen-bond donors (Lipinski definition) is 0. The van der Waals surface area contributed by atoms with Crippen molar-refractivity contribution in [3.8, 4) is 6.07 Å². The van der Waals surface area contributed by atoms with E-state index in [1.807, 2.05) is 51.3 Å². The fourth-order valence-electron chi connectivity index (χ4n) is 0.873. The summed E-state index contributed by atoms with van der Waals surface area (Å²) < 4.78 is 26.0. The van der Waals surface area contributed by atoms with Gasteiger partial charge in [-0.25, -0.2) is 13.8 Å². The maximum atomic E-state index is 12.4. The summed E-state index contributed by atoms with van der Waals surface area (Å²) in [6.45, 7) is 0. The number of halogens is 4. The first-order chi connectivity index (χ1) is 6.56. The van der Waals surface area contributed by atoms with Crippen molar-refractivity contribution in [3.05, 3.63) is 24.6 Å². The van der Waals surface area contributed by atoms with E-state index < -0.39 is 6.43 Å². The first-order valence-corrected chi connectivity index (χ1v) is 5.72. The topological polar surface area (TPSA) is 36.7 Å². The van der Waals surface area contributed by atoms with E-state index >= 15 is 0 Å². The van der Waals surface area contributed by atoms with Gasteiger partial charge in [-0.05, 0) is 51.2 Å². The Balaban J connectivity index is 3.21. The number of aromatic nitrogens is 1. The van der Waals surface area contributed by atoms with Crippen molar-refractivity contribution >= 4 is 45.2 Å². The Bertz CT molecular complexity index is 388. The van der Waals surface area contributed by atoms with Gasteiger partial charge in [0.15, 0.2) is 0 Å². The van der Waals surface area contributed by atoms with E-state index in [4.69, 9.17) is 5.26 Å². The van der Waals surface area contributed by atoms with Crippen molar-refractivity contribution in [3.63, 3.8) is 0 Å². The molecule has 1 heterocycles. The third-order valence-corrected chi connectivity index (χ3v) is 3.28. The molecule has 1 aromatic heterocycles. The van der Waals surface area contributed by atoms with Crippen LogP contribution in [0.2, 0.25) is 0 Å². The van der Waals surface area contributed by atoms with Crippen LogP contribution >= 0.6 is 45.2 Å².